The summed E-state index contributed by atoms with van der Waals surface area (Å²) in [7, 11) is 0. The van der Waals surface area contributed by atoms with Gasteiger partial charge in [0.25, 0.3) is 0 Å². The van der Waals surface area contributed by atoms with E-state index in [0.717, 1.165) is 49.2 Å². The van der Waals surface area contributed by atoms with E-state index in [9.17, 15) is 0 Å². The lowest BCUT2D eigenvalue weighted by Crippen LogP contribution is -1.97. The van der Waals surface area contributed by atoms with Gasteiger partial charge in [-0.25, -0.2) is 9.97 Å². The van der Waals surface area contributed by atoms with Gasteiger partial charge in [-0.05, 0) is 48.5 Å². The molecule has 4 nitrogen and oxygen atoms in total. The first-order valence-corrected chi connectivity index (χ1v) is 15.8. The lowest BCUT2D eigenvalue weighted by molar-refractivity contribution is 1.14. The molecule has 4 heterocycles. The predicted molar refractivity (Wildman–Crippen MR) is 186 cm³/mol. The molecule has 0 N–H and O–H groups in total. The molecule has 5 aromatic carbocycles. The third kappa shape index (κ3) is 4.11. The third-order valence-corrected chi connectivity index (χ3v) is 8.79. The normalized spacial score (nSPS) is 11.3. The third-order valence-electron chi connectivity index (χ3n) is 7.73. The minimum absolute atomic E-state index is 0.887. The standard InChI is InChI=1S/C34H20N4S.2C2H6/c1-2-10-21(11-3-1)37-27-15-7-4-12-23(27)26-20-22(18-19-29(26)37)38-28-16-8-5-13-24(28)31-33(38)35-32-25-14-6-9-17-30(25)39-34(32)36-31;2*1-2/h1-20H;2*1-2H3. The lowest BCUT2D eigenvalue weighted by atomic mass is 10.1. The molecule has 0 aliphatic heterocycles. The molecule has 0 aliphatic carbocycles. The molecule has 210 valence electrons. The number of rotatable bonds is 2. The van der Waals surface area contributed by atoms with Crippen LogP contribution >= 0.6 is 11.3 Å². The second kappa shape index (κ2) is 11.0. The first-order chi connectivity index (χ1) is 21.3. The number of thiophene rings is 1. The predicted octanol–water partition coefficient (Wildman–Crippen LogP) is 11.1. The Kier molecular flexibility index (Phi) is 6.88. The largest absolute Gasteiger partial charge is 0.309 e. The van der Waals surface area contributed by atoms with Gasteiger partial charge in [0.05, 0.1) is 16.6 Å². The minimum Gasteiger partial charge on any atom is -0.309 e. The van der Waals surface area contributed by atoms with Crippen LogP contribution in [0.3, 0.4) is 0 Å². The summed E-state index contributed by atoms with van der Waals surface area (Å²) in [6.07, 6.45) is 0. The van der Waals surface area contributed by atoms with E-state index < -0.39 is 0 Å². The summed E-state index contributed by atoms with van der Waals surface area (Å²) in [5.41, 5.74) is 8.53. The molecule has 5 heteroatoms. The van der Waals surface area contributed by atoms with Crippen LogP contribution < -0.4 is 0 Å². The molecule has 9 rings (SSSR count). The van der Waals surface area contributed by atoms with E-state index in [-0.39, 0.29) is 0 Å². The van der Waals surface area contributed by atoms with E-state index in [2.05, 4.69) is 130 Å². The van der Waals surface area contributed by atoms with Crippen molar-refractivity contribution >= 4 is 75.6 Å². The van der Waals surface area contributed by atoms with Crippen molar-refractivity contribution in [1.82, 2.24) is 19.1 Å². The number of fused-ring (bicyclic) bond motifs is 9. The van der Waals surface area contributed by atoms with Crippen LogP contribution in [0, 0.1) is 0 Å². The zero-order valence-corrected chi connectivity index (χ0v) is 25.6. The van der Waals surface area contributed by atoms with E-state index in [4.69, 9.17) is 9.97 Å². The molecular formula is C38H32N4S. The van der Waals surface area contributed by atoms with Crippen molar-refractivity contribution in [2.24, 2.45) is 0 Å². The van der Waals surface area contributed by atoms with Gasteiger partial charge in [-0.1, -0.05) is 100 Å². The highest BCUT2D eigenvalue weighted by Crippen LogP contribution is 2.38. The molecule has 0 saturated heterocycles. The maximum Gasteiger partial charge on any atom is 0.165 e. The zero-order valence-electron chi connectivity index (χ0n) is 24.7. The van der Waals surface area contributed by atoms with Crippen molar-refractivity contribution in [3.05, 3.63) is 121 Å². The Labute approximate surface area is 254 Å². The van der Waals surface area contributed by atoms with Crippen LogP contribution in [0.25, 0.3) is 75.7 Å². The molecule has 9 aromatic rings. The number of aromatic nitrogens is 4. The van der Waals surface area contributed by atoms with Crippen LogP contribution in [-0.4, -0.2) is 19.1 Å². The monoisotopic (exact) mass is 576 g/mol. The molecule has 4 aromatic heterocycles. The summed E-state index contributed by atoms with van der Waals surface area (Å²) >= 11 is 1.71. The van der Waals surface area contributed by atoms with Crippen LogP contribution in [-0.2, 0) is 0 Å². The highest BCUT2D eigenvalue weighted by molar-refractivity contribution is 7.25. The van der Waals surface area contributed by atoms with Gasteiger partial charge in [-0.3, -0.25) is 4.57 Å². The molecule has 0 radical (unpaired) electrons. The van der Waals surface area contributed by atoms with Crippen molar-refractivity contribution < 1.29 is 0 Å². The average Bonchev–Trinajstić information content (AvgIpc) is 3.73. The Hall–Kier alpha value is -5.00. The second-order valence-electron chi connectivity index (χ2n) is 9.89. The van der Waals surface area contributed by atoms with Crippen molar-refractivity contribution in [3.8, 4) is 11.4 Å². The molecule has 0 amide bonds. The van der Waals surface area contributed by atoms with Gasteiger partial charge in [-0.2, -0.15) is 0 Å². The maximum absolute atomic E-state index is 5.28. The number of para-hydroxylation sites is 3. The minimum atomic E-state index is 0.887. The summed E-state index contributed by atoms with van der Waals surface area (Å²) in [6.45, 7) is 8.00. The maximum atomic E-state index is 5.28. The molecular weight excluding hydrogens is 545 g/mol. The van der Waals surface area contributed by atoms with E-state index in [1.807, 2.05) is 27.7 Å². The first kappa shape index (κ1) is 26.9. The number of hydrogen-bond acceptors (Lipinski definition) is 3. The van der Waals surface area contributed by atoms with Gasteiger partial charge >= 0.3 is 0 Å². The molecule has 0 spiro atoms. The number of benzene rings is 5. The van der Waals surface area contributed by atoms with Crippen molar-refractivity contribution in [2.75, 3.05) is 0 Å². The fourth-order valence-corrected chi connectivity index (χ4v) is 7.07. The van der Waals surface area contributed by atoms with Gasteiger partial charge in [0.1, 0.15) is 15.9 Å². The Bertz CT molecular complexity index is 2390. The summed E-state index contributed by atoms with van der Waals surface area (Å²) in [5.74, 6) is 0. The fraction of sp³-hybridized carbons (Fsp3) is 0.105. The van der Waals surface area contributed by atoms with E-state index in [0.29, 0.717) is 0 Å². The molecule has 0 aliphatic rings. The summed E-state index contributed by atoms with van der Waals surface area (Å²) in [5, 5.41) is 4.72. The summed E-state index contributed by atoms with van der Waals surface area (Å²) in [4.78, 5) is 11.4. The number of nitrogens with zero attached hydrogens (tertiary/aromatic N) is 4. The van der Waals surface area contributed by atoms with Gasteiger partial charge in [0.2, 0.25) is 0 Å². The van der Waals surface area contributed by atoms with Gasteiger partial charge < -0.3 is 4.57 Å². The van der Waals surface area contributed by atoms with Crippen LogP contribution in [0.1, 0.15) is 27.7 Å². The van der Waals surface area contributed by atoms with E-state index in [1.165, 1.54) is 26.5 Å². The quantitative estimate of drug-likeness (QED) is 0.205. The van der Waals surface area contributed by atoms with Crippen LogP contribution in [0.2, 0.25) is 0 Å². The molecule has 43 heavy (non-hydrogen) atoms. The van der Waals surface area contributed by atoms with Crippen molar-refractivity contribution in [3.63, 3.8) is 0 Å². The Morgan fingerprint density at radius 2 is 1.07 bits per heavy atom. The zero-order chi connectivity index (χ0) is 29.5. The Morgan fingerprint density at radius 1 is 0.465 bits per heavy atom. The van der Waals surface area contributed by atoms with E-state index >= 15 is 0 Å². The SMILES string of the molecule is CC.CC.c1ccc(-n2c3ccccc3c3cc(-n4c5ccccc5c5nc6sc7ccccc7c6nc54)ccc32)cc1. The van der Waals surface area contributed by atoms with Crippen LogP contribution in [0.5, 0.6) is 0 Å². The van der Waals surface area contributed by atoms with Crippen LogP contribution in [0.4, 0.5) is 0 Å². The Morgan fingerprint density at radius 3 is 1.84 bits per heavy atom. The molecule has 0 atom stereocenters. The second-order valence-corrected chi connectivity index (χ2v) is 10.9. The smallest absolute Gasteiger partial charge is 0.165 e. The molecule has 0 bridgehead atoms. The van der Waals surface area contributed by atoms with Crippen LogP contribution in [0.15, 0.2) is 121 Å². The highest BCUT2D eigenvalue weighted by atomic mass is 32.1. The molecule has 0 saturated carbocycles. The summed E-state index contributed by atoms with van der Waals surface area (Å²) in [6, 6.07) is 42.9. The van der Waals surface area contributed by atoms with E-state index in [1.54, 1.807) is 11.3 Å². The highest BCUT2D eigenvalue weighted by Gasteiger charge is 2.19. The van der Waals surface area contributed by atoms with Crippen molar-refractivity contribution in [1.29, 1.82) is 0 Å². The Balaban J connectivity index is 0.000000723. The number of hydrogen-bond donors (Lipinski definition) is 0. The molecule has 0 fully saturated rings. The summed E-state index contributed by atoms with van der Waals surface area (Å²) < 4.78 is 5.84. The lowest BCUT2D eigenvalue weighted by Gasteiger charge is -2.10. The van der Waals surface area contributed by atoms with Gasteiger partial charge in [0.15, 0.2) is 5.65 Å². The first-order valence-electron chi connectivity index (χ1n) is 15.0. The fourth-order valence-electron chi connectivity index (χ4n) is 6.05. The topological polar surface area (TPSA) is 35.6 Å². The molecule has 0 unspecified atom stereocenters. The van der Waals surface area contributed by atoms with Crippen molar-refractivity contribution in [2.45, 2.75) is 27.7 Å². The average molecular weight is 577 g/mol. The van der Waals surface area contributed by atoms with Gasteiger partial charge in [0, 0.05) is 37.6 Å². The van der Waals surface area contributed by atoms with Gasteiger partial charge in [-0.15, -0.1) is 11.3 Å².